The summed E-state index contributed by atoms with van der Waals surface area (Å²) in [4.78, 5) is 27.8. The van der Waals surface area contributed by atoms with Gasteiger partial charge in [-0.3, -0.25) is 9.59 Å². The lowest BCUT2D eigenvalue weighted by atomic mass is 9.92. The van der Waals surface area contributed by atoms with Crippen molar-refractivity contribution in [3.63, 3.8) is 0 Å². The number of hydrogen-bond acceptors (Lipinski definition) is 3. The van der Waals surface area contributed by atoms with Crippen LogP contribution in [0.4, 0.5) is 0 Å². The summed E-state index contributed by atoms with van der Waals surface area (Å²) in [7, 11) is 0. The highest BCUT2D eigenvalue weighted by Crippen LogP contribution is 2.44. The van der Waals surface area contributed by atoms with Crippen molar-refractivity contribution < 1.29 is 14.7 Å². The molecule has 0 spiro atoms. The van der Waals surface area contributed by atoms with Crippen molar-refractivity contribution in [3.8, 4) is 0 Å². The summed E-state index contributed by atoms with van der Waals surface area (Å²) in [5.41, 5.74) is 2.62. The summed E-state index contributed by atoms with van der Waals surface area (Å²) < 4.78 is 0.880. The van der Waals surface area contributed by atoms with Gasteiger partial charge in [0.15, 0.2) is 0 Å². The molecule has 4 nitrogen and oxygen atoms in total. The maximum atomic E-state index is 13.0. The van der Waals surface area contributed by atoms with E-state index in [1.807, 2.05) is 43.3 Å². The van der Waals surface area contributed by atoms with Crippen LogP contribution in [-0.2, 0) is 9.59 Å². The van der Waals surface area contributed by atoms with Gasteiger partial charge < -0.3 is 10.0 Å². The van der Waals surface area contributed by atoms with E-state index >= 15 is 0 Å². The molecule has 2 aliphatic rings. The van der Waals surface area contributed by atoms with Crippen LogP contribution in [0.2, 0.25) is 0 Å². The van der Waals surface area contributed by atoms with E-state index in [2.05, 4.69) is 15.9 Å². The lowest BCUT2D eigenvalue weighted by Crippen LogP contribution is -2.37. The summed E-state index contributed by atoms with van der Waals surface area (Å²) in [6.07, 6.45) is 3.91. The minimum absolute atomic E-state index is 0.0382. The number of amides is 1. The van der Waals surface area contributed by atoms with Crippen LogP contribution in [0.5, 0.6) is 0 Å². The lowest BCUT2D eigenvalue weighted by Gasteiger charge is -2.31. The quantitative estimate of drug-likeness (QED) is 0.410. The summed E-state index contributed by atoms with van der Waals surface area (Å²) in [5.74, 6) is -1.21. The third-order valence-electron chi connectivity index (χ3n) is 5.80. The first-order chi connectivity index (χ1) is 13.5. The molecular weight excluding hydrogens is 418 g/mol. The number of likely N-dealkylation sites (tertiary alicyclic amines) is 1. The molecular formula is C23H22BrNO3. The Morgan fingerprint density at radius 1 is 1.04 bits per heavy atom. The molecule has 0 radical (unpaired) electrons. The molecule has 2 fully saturated rings. The number of ketones is 1. The topological polar surface area (TPSA) is 57.6 Å². The van der Waals surface area contributed by atoms with E-state index in [0.717, 1.165) is 41.3 Å². The van der Waals surface area contributed by atoms with Crippen LogP contribution >= 0.6 is 15.9 Å². The molecule has 1 aliphatic heterocycles. The second-order valence-electron chi connectivity index (χ2n) is 7.51. The Morgan fingerprint density at radius 2 is 1.68 bits per heavy atom. The van der Waals surface area contributed by atoms with Gasteiger partial charge in [0.1, 0.15) is 5.76 Å². The number of aliphatic hydroxyl groups is 1. The zero-order chi connectivity index (χ0) is 19.8. The molecule has 4 rings (SSSR count). The number of benzene rings is 2. The smallest absolute Gasteiger partial charge is 0.295 e. The Balaban J connectivity index is 1.91. The van der Waals surface area contributed by atoms with E-state index in [1.54, 1.807) is 17.0 Å². The molecule has 1 saturated carbocycles. The van der Waals surface area contributed by atoms with Crippen molar-refractivity contribution in [3.05, 3.63) is 75.3 Å². The summed E-state index contributed by atoms with van der Waals surface area (Å²) >= 11 is 3.38. The molecule has 1 unspecified atom stereocenters. The largest absolute Gasteiger partial charge is 0.507 e. The molecule has 0 aromatic heterocycles. The molecule has 0 bridgehead atoms. The molecule has 144 valence electrons. The maximum absolute atomic E-state index is 13.0. The summed E-state index contributed by atoms with van der Waals surface area (Å²) in [5, 5.41) is 11.0. The highest BCUT2D eigenvalue weighted by atomic mass is 79.9. The van der Waals surface area contributed by atoms with Crippen LogP contribution in [0.1, 0.15) is 48.4 Å². The van der Waals surface area contributed by atoms with Crippen molar-refractivity contribution in [1.82, 2.24) is 4.90 Å². The number of rotatable bonds is 3. The van der Waals surface area contributed by atoms with E-state index < -0.39 is 17.7 Å². The van der Waals surface area contributed by atoms with E-state index in [0.29, 0.717) is 5.56 Å². The van der Waals surface area contributed by atoms with Gasteiger partial charge >= 0.3 is 0 Å². The van der Waals surface area contributed by atoms with Crippen LogP contribution in [0.3, 0.4) is 0 Å². The molecule has 1 amide bonds. The van der Waals surface area contributed by atoms with E-state index in [1.165, 1.54) is 0 Å². The number of carbonyl (C=O) groups is 2. The first kappa shape index (κ1) is 18.9. The fourth-order valence-electron chi connectivity index (χ4n) is 4.37. The first-order valence-corrected chi connectivity index (χ1v) is 10.4. The van der Waals surface area contributed by atoms with Crippen LogP contribution < -0.4 is 0 Å². The van der Waals surface area contributed by atoms with E-state index in [-0.39, 0.29) is 17.4 Å². The van der Waals surface area contributed by atoms with Crippen LogP contribution in [-0.4, -0.2) is 27.7 Å². The normalized spacial score (nSPS) is 22.2. The minimum atomic E-state index is -0.597. The molecule has 1 aliphatic carbocycles. The highest BCUT2D eigenvalue weighted by molar-refractivity contribution is 9.10. The van der Waals surface area contributed by atoms with Crippen LogP contribution in [0, 0.1) is 6.92 Å². The molecule has 1 N–H and O–H groups in total. The zero-order valence-corrected chi connectivity index (χ0v) is 17.3. The van der Waals surface area contributed by atoms with Crippen molar-refractivity contribution >= 4 is 33.4 Å². The Hall–Kier alpha value is -2.40. The number of halogens is 1. The SMILES string of the molecule is Cc1ccccc1C1/C(=C(/O)c2ccc(Br)cc2)C(=O)C(=O)N1C1CCCC1. The van der Waals surface area contributed by atoms with Gasteiger partial charge in [-0.1, -0.05) is 65.2 Å². The maximum Gasteiger partial charge on any atom is 0.295 e. The van der Waals surface area contributed by atoms with E-state index in [4.69, 9.17) is 0 Å². The predicted molar refractivity (Wildman–Crippen MR) is 112 cm³/mol. The Bertz CT molecular complexity index is 958. The minimum Gasteiger partial charge on any atom is -0.507 e. The fraction of sp³-hybridized carbons (Fsp3) is 0.304. The Labute approximate surface area is 173 Å². The Kier molecular flexibility index (Phi) is 5.11. The average Bonchev–Trinajstić information content (AvgIpc) is 3.30. The van der Waals surface area contributed by atoms with Gasteiger partial charge in [-0.2, -0.15) is 0 Å². The van der Waals surface area contributed by atoms with Crippen molar-refractivity contribution in [2.24, 2.45) is 0 Å². The molecule has 2 aromatic carbocycles. The number of Topliss-reactive ketones (excluding diaryl/α,β-unsaturated/α-hetero) is 1. The molecule has 1 saturated heterocycles. The van der Waals surface area contributed by atoms with Crippen LogP contribution in [0.25, 0.3) is 5.76 Å². The standard InChI is InChI=1S/C23H22BrNO3/c1-14-6-2-5-9-18(14)20-19(21(26)15-10-12-16(24)13-11-15)22(27)23(28)25(20)17-7-3-4-8-17/h2,5-6,9-13,17,20,26H,3-4,7-8H2,1H3/b21-19-. The Morgan fingerprint density at radius 3 is 2.32 bits per heavy atom. The number of carbonyl (C=O) groups excluding carboxylic acids is 2. The second kappa shape index (κ2) is 7.55. The zero-order valence-electron chi connectivity index (χ0n) is 15.7. The van der Waals surface area contributed by atoms with Crippen molar-refractivity contribution in [1.29, 1.82) is 0 Å². The van der Waals surface area contributed by atoms with Crippen molar-refractivity contribution in [2.45, 2.75) is 44.7 Å². The van der Waals surface area contributed by atoms with Crippen molar-refractivity contribution in [2.75, 3.05) is 0 Å². The predicted octanol–water partition coefficient (Wildman–Crippen LogP) is 5.12. The monoisotopic (exact) mass is 439 g/mol. The van der Waals surface area contributed by atoms with Gasteiger partial charge in [-0.05, 0) is 43.0 Å². The molecule has 1 atom stereocenters. The van der Waals surface area contributed by atoms with E-state index in [9.17, 15) is 14.7 Å². The molecule has 28 heavy (non-hydrogen) atoms. The number of hydrogen-bond donors (Lipinski definition) is 1. The summed E-state index contributed by atoms with van der Waals surface area (Å²) in [6, 6.07) is 14.4. The average molecular weight is 440 g/mol. The number of aryl methyl sites for hydroxylation is 1. The fourth-order valence-corrected chi connectivity index (χ4v) is 4.64. The third kappa shape index (κ3) is 3.18. The lowest BCUT2D eigenvalue weighted by molar-refractivity contribution is -0.141. The van der Waals surface area contributed by atoms with Gasteiger partial charge in [-0.25, -0.2) is 0 Å². The summed E-state index contributed by atoms with van der Waals surface area (Å²) in [6.45, 7) is 1.98. The first-order valence-electron chi connectivity index (χ1n) is 9.60. The second-order valence-corrected chi connectivity index (χ2v) is 8.42. The third-order valence-corrected chi connectivity index (χ3v) is 6.33. The molecule has 2 aromatic rings. The van der Waals surface area contributed by atoms with Gasteiger partial charge in [0.05, 0.1) is 11.6 Å². The van der Waals surface area contributed by atoms with Crippen LogP contribution in [0.15, 0.2) is 58.6 Å². The number of aliphatic hydroxyl groups excluding tert-OH is 1. The van der Waals surface area contributed by atoms with Gasteiger partial charge in [0.25, 0.3) is 11.7 Å². The highest BCUT2D eigenvalue weighted by Gasteiger charge is 2.49. The number of nitrogens with zero attached hydrogens (tertiary/aromatic N) is 1. The van der Waals surface area contributed by atoms with Gasteiger partial charge in [-0.15, -0.1) is 0 Å². The van der Waals surface area contributed by atoms with Gasteiger partial charge in [0.2, 0.25) is 0 Å². The molecule has 1 heterocycles. The molecule has 5 heteroatoms. The van der Waals surface area contributed by atoms with Gasteiger partial charge in [0, 0.05) is 16.1 Å².